The molecule has 8 heteroatoms. The van der Waals surface area contributed by atoms with Gasteiger partial charge in [0.25, 0.3) is 0 Å². The molecule has 1 fully saturated rings. The number of benzene rings is 1. The molecule has 0 saturated heterocycles. The molecule has 8 nitrogen and oxygen atoms in total. The molecule has 1 aromatic heterocycles. The van der Waals surface area contributed by atoms with E-state index in [2.05, 4.69) is 5.32 Å². The lowest BCUT2D eigenvalue weighted by Crippen LogP contribution is -2.29. The summed E-state index contributed by atoms with van der Waals surface area (Å²) in [6, 6.07) is 5.60. The molecule has 0 unspecified atom stereocenters. The van der Waals surface area contributed by atoms with Crippen LogP contribution in [0.3, 0.4) is 0 Å². The van der Waals surface area contributed by atoms with Gasteiger partial charge < -0.3 is 24.3 Å². The number of aromatic nitrogens is 1. The van der Waals surface area contributed by atoms with Crippen molar-refractivity contribution >= 4 is 28.7 Å². The number of fused-ring (bicyclic) bond motifs is 1. The average molecular weight is 418 g/mol. The number of hydrogen-bond donors (Lipinski definition) is 1. The van der Waals surface area contributed by atoms with Crippen LogP contribution < -0.4 is 10.1 Å². The highest BCUT2D eigenvalue weighted by atomic mass is 16.6. The summed E-state index contributed by atoms with van der Waals surface area (Å²) < 4.78 is 22.9. The van der Waals surface area contributed by atoms with Crippen molar-refractivity contribution in [3.8, 4) is 5.75 Å². The summed E-state index contributed by atoms with van der Waals surface area (Å²) in [6.45, 7) is 8.12. The van der Waals surface area contributed by atoms with E-state index in [1.54, 1.807) is 46.9 Å². The van der Waals surface area contributed by atoms with Gasteiger partial charge in [-0.15, -0.1) is 0 Å². The SMILES string of the molecule is CCOC(=O)c1cc2cc(OCCOC)cc(NC3CC3)c2n1C(=O)OC(C)(C)C. The summed E-state index contributed by atoms with van der Waals surface area (Å²) in [5.74, 6) is 0.0400. The average Bonchev–Trinajstić information content (AvgIpc) is 3.37. The van der Waals surface area contributed by atoms with Gasteiger partial charge in [0, 0.05) is 24.6 Å². The van der Waals surface area contributed by atoms with Gasteiger partial charge in [-0.05, 0) is 52.7 Å². The van der Waals surface area contributed by atoms with Crippen molar-refractivity contribution in [3.05, 3.63) is 23.9 Å². The quantitative estimate of drug-likeness (QED) is 0.508. The van der Waals surface area contributed by atoms with E-state index >= 15 is 0 Å². The Morgan fingerprint density at radius 1 is 1.17 bits per heavy atom. The molecule has 3 rings (SSSR count). The van der Waals surface area contributed by atoms with Crippen LogP contribution in [0, 0.1) is 0 Å². The largest absolute Gasteiger partial charge is 0.491 e. The third kappa shape index (κ3) is 5.24. The molecular formula is C22H30N2O6. The molecule has 30 heavy (non-hydrogen) atoms. The van der Waals surface area contributed by atoms with E-state index in [-0.39, 0.29) is 12.3 Å². The predicted octanol–water partition coefficient (Wildman–Crippen LogP) is 4.20. The van der Waals surface area contributed by atoms with Crippen molar-refractivity contribution in [2.45, 2.75) is 52.2 Å². The third-order valence-corrected chi connectivity index (χ3v) is 4.42. The lowest BCUT2D eigenvalue weighted by molar-refractivity contribution is 0.0454. The molecule has 1 aliphatic rings. The van der Waals surface area contributed by atoms with E-state index in [1.807, 2.05) is 6.07 Å². The monoisotopic (exact) mass is 418 g/mol. The number of carbonyl (C=O) groups is 2. The molecular weight excluding hydrogens is 388 g/mol. The fourth-order valence-electron chi connectivity index (χ4n) is 3.06. The van der Waals surface area contributed by atoms with Gasteiger partial charge >= 0.3 is 12.1 Å². The first-order valence-electron chi connectivity index (χ1n) is 10.2. The van der Waals surface area contributed by atoms with Crippen molar-refractivity contribution in [3.63, 3.8) is 0 Å². The highest BCUT2D eigenvalue weighted by molar-refractivity contribution is 6.06. The minimum Gasteiger partial charge on any atom is -0.491 e. The first kappa shape index (κ1) is 22.0. The van der Waals surface area contributed by atoms with Crippen LogP contribution in [-0.4, -0.2) is 55.2 Å². The first-order chi connectivity index (χ1) is 14.2. The van der Waals surface area contributed by atoms with E-state index in [4.69, 9.17) is 18.9 Å². The standard InChI is InChI=1S/C22H30N2O6/c1-6-28-20(25)18-12-14-11-16(29-10-9-27-5)13-17(23-15-7-8-15)19(14)24(18)21(26)30-22(2,3)4/h11-13,15,23H,6-10H2,1-5H3. The Morgan fingerprint density at radius 2 is 1.90 bits per heavy atom. The van der Waals surface area contributed by atoms with E-state index in [0.29, 0.717) is 41.6 Å². The summed E-state index contributed by atoms with van der Waals surface area (Å²) in [7, 11) is 1.61. The Hall–Kier alpha value is -2.74. The zero-order valence-electron chi connectivity index (χ0n) is 18.2. The highest BCUT2D eigenvalue weighted by Gasteiger charge is 2.29. The number of carbonyl (C=O) groups excluding carboxylic acids is 2. The molecule has 0 spiro atoms. The summed E-state index contributed by atoms with van der Waals surface area (Å²) in [4.78, 5) is 25.7. The van der Waals surface area contributed by atoms with Crippen LogP contribution in [0.25, 0.3) is 10.9 Å². The minimum absolute atomic E-state index is 0.119. The maximum absolute atomic E-state index is 13.1. The molecule has 1 aliphatic carbocycles. The first-order valence-corrected chi connectivity index (χ1v) is 10.2. The number of ether oxygens (including phenoxy) is 4. The van der Waals surface area contributed by atoms with Crippen molar-refractivity contribution < 1.29 is 28.5 Å². The summed E-state index contributed by atoms with van der Waals surface area (Å²) in [5, 5.41) is 4.12. The zero-order valence-corrected chi connectivity index (χ0v) is 18.2. The maximum Gasteiger partial charge on any atom is 0.419 e. The number of esters is 1. The van der Waals surface area contributed by atoms with Crippen molar-refractivity contribution in [1.29, 1.82) is 0 Å². The van der Waals surface area contributed by atoms with Gasteiger partial charge in [0.15, 0.2) is 0 Å². The Morgan fingerprint density at radius 3 is 2.50 bits per heavy atom. The Kier molecular flexibility index (Phi) is 6.55. The number of hydrogen-bond acceptors (Lipinski definition) is 7. The fraction of sp³-hybridized carbons (Fsp3) is 0.545. The molecule has 1 saturated carbocycles. The van der Waals surface area contributed by atoms with E-state index in [0.717, 1.165) is 12.8 Å². The van der Waals surface area contributed by atoms with Crippen LogP contribution >= 0.6 is 0 Å². The van der Waals surface area contributed by atoms with Crippen molar-refractivity contribution in [2.75, 3.05) is 32.2 Å². The van der Waals surface area contributed by atoms with Gasteiger partial charge in [0.1, 0.15) is 23.7 Å². The number of nitrogens with zero attached hydrogens (tertiary/aromatic N) is 1. The van der Waals surface area contributed by atoms with Crippen LogP contribution in [0.5, 0.6) is 5.75 Å². The van der Waals surface area contributed by atoms with Crippen LogP contribution in [0.4, 0.5) is 10.5 Å². The van der Waals surface area contributed by atoms with Gasteiger partial charge in [-0.2, -0.15) is 0 Å². The predicted molar refractivity (Wildman–Crippen MR) is 114 cm³/mol. The Balaban J connectivity index is 2.13. The zero-order chi connectivity index (χ0) is 21.9. The van der Waals surface area contributed by atoms with Gasteiger partial charge in [-0.3, -0.25) is 0 Å². The number of nitrogens with one attached hydrogen (secondary N) is 1. The summed E-state index contributed by atoms with van der Waals surface area (Å²) in [6.07, 6.45) is 1.47. The van der Waals surface area contributed by atoms with E-state index in [9.17, 15) is 9.59 Å². The Bertz CT molecular complexity index is 924. The number of methoxy groups -OCH3 is 1. The highest BCUT2D eigenvalue weighted by Crippen LogP contribution is 2.36. The van der Waals surface area contributed by atoms with Gasteiger partial charge in [0.2, 0.25) is 0 Å². The molecule has 0 aliphatic heterocycles. The van der Waals surface area contributed by atoms with Crippen LogP contribution in [0.15, 0.2) is 18.2 Å². The second kappa shape index (κ2) is 8.95. The lowest BCUT2D eigenvalue weighted by atomic mass is 10.2. The topological polar surface area (TPSA) is 88.0 Å². The maximum atomic E-state index is 13.1. The normalized spacial score (nSPS) is 13.9. The molecule has 1 N–H and O–H groups in total. The number of anilines is 1. The van der Waals surface area contributed by atoms with Crippen molar-refractivity contribution in [2.24, 2.45) is 0 Å². The van der Waals surface area contributed by atoms with Crippen LogP contribution in [0.2, 0.25) is 0 Å². The third-order valence-electron chi connectivity index (χ3n) is 4.42. The minimum atomic E-state index is -0.715. The second-order valence-corrected chi connectivity index (χ2v) is 8.23. The Labute approximate surface area is 176 Å². The molecule has 0 bridgehead atoms. The summed E-state index contributed by atoms with van der Waals surface area (Å²) in [5.41, 5.74) is 0.684. The molecule has 1 heterocycles. The molecule has 0 amide bonds. The molecule has 2 aromatic rings. The van der Waals surface area contributed by atoms with E-state index in [1.165, 1.54) is 4.57 Å². The molecule has 0 atom stereocenters. The number of rotatable bonds is 8. The second-order valence-electron chi connectivity index (χ2n) is 8.23. The molecule has 164 valence electrons. The smallest absolute Gasteiger partial charge is 0.419 e. The van der Waals surface area contributed by atoms with Gasteiger partial charge in [-0.1, -0.05) is 0 Å². The van der Waals surface area contributed by atoms with E-state index < -0.39 is 17.7 Å². The van der Waals surface area contributed by atoms with Gasteiger partial charge in [-0.25, -0.2) is 14.2 Å². The molecule has 1 aromatic carbocycles. The lowest BCUT2D eigenvalue weighted by Gasteiger charge is -2.21. The van der Waals surface area contributed by atoms with Gasteiger partial charge in [0.05, 0.1) is 24.4 Å². The molecule has 0 radical (unpaired) electrons. The van der Waals surface area contributed by atoms with Crippen LogP contribution in [-0.2, 0) is 14.2 Å². The van der Waals surface area contributed by atoms with Crippen molar-refractivity contribution in [1.82, 2.24) is 4.57 Å². The van der Waals surface area contributed by atoms with Crippen LogP contribution in [0.1, 0.15) is 51.0 Å². The fourth-order valence-corrected chi connectivity index (χ4v) is 3.06. The summed E-state index contributed by atoms with van der Waals surface area (Å²) >= 11 is 0.